The van der Waals surface area contributed by atoms with E-state index in [1.807, 2.05) is 18.2 Å². The van der Waals surface area contributed by atoms with Crippen molar-refractivity contribution < 1.29 is 5.11 Å². The molecule has 1 heterocycles. The van der Waals surface area contributed by atoms with Crippen LogP contribution in [0.5, 0.6) is 0 Å². The number of nitrogens with two attached hydrogens (primary N) is 1. The van der Waals surface area contributed by atoms with E-state index < -0.39 is 0 Å². The van der Waals surface area contributed by atoms with Crippen LogP contribution in [-0.4, -0.2) is 24.3 Å². The van der Waals surface area contributed by atoms with Gasteiger partial charge < -0.3 is 15.7 Å². The zero-order valence-electron chi connectivity index (χ0n) is 9.36. The molecular weight excluding hydrogens is 268 g/mol. The first-order valence-electron chi connectivity index (χ1n) is 5.56. The number of nitrogens with zero attached hydrogens (tertiary/aromatic N) is 1. The molecule has 1 fully saturated rings. The number of halogens is 1. The molecule has 1 aromatic rings. The SMILES string of the molecule is CC1CCN(c2cc(Br)ccc2N)C1CO. The van der Waals surface area contributed by atoms with Gasteiger partial charge in [0.15, 0.2) is 0 Å². The normalized spacial score (nSPS) is 25.1. The molecular formula is C12H17BrN2O. The third-order valence-corrected chi connectivity index (χ3v) is 3.86. The highest BCUT2D eigenvalue weighted by Gasteiger charge is 2.31. The highest BCUT2D eigenvalue weighted by molar-refractivity contribution is 9.10. The van der Waals surface area contributed by atoms with Crippen molar-refractivity contribution in [3.8, 4) is 0 Å². The van der Waals surface area contributed by atoms with E-state index in [0.29, 0.717) is 5.92 Å². The van der Waals surface area contributed by atoms with Gasteiger partial charge in [-0.05, 0) is 30.5 Å². The molecule has 1 aliphatic rings. The number of aliphatic hydroxyl groups excluding tert-OH is 1. The van der Waals surface area contributed by atoms with Gasteiger partial charge in [-0.15, -0.1) is 0 Å². The van der Waals surface area contributed by atoms with E-state index in [1.54, 1.807) is 0 Å². The monoisotopic (exact) mass is 284 g/mol. The number of benzene rings is 1. The van der Waals surface area contributed by atoms with E-state index >= 15 is 0 Å². The van der Waals surface area contributed by atoms with Gasteiger partial charge in [-0.25, -0.2) is 0 Å². The molecule has 2 unspecified atom stereocenters. The van der Waals surface area contributed by atoms with Gasteiger partial charge in [0.05, 0.1) is 24.0 Å². The van der Waals surface area contributed by atoms with E-state index in [4.69, 9.17) is 5.73 Å². The van der Waals surface area contributed by atoms with Gasteiger partial charge in [0.2, 0.25) is 0 Å². The maximum atomic E-state index is 9.43. The van der Waals surface area contributed by atoms with E-state index in [1.165, 1.54) is 0 Å². The third-order valence-electron chi connectivity index (χ3n) is 3.37. The summed E-state index contributed by atoms with van der Waals surface area (Å²) in [5.41, 5.74) is 7.79. The van der Waals surface area contributed by atoms with Crippen LogP contribution in [0.3, 0.4) is 0 Å². The number of hydrogen-bond acceptors (Lipinski definition) is 3. The number of hydrogen-bond donors (Lipinski definition) is 2. The van der Waals surface area contributed by atoms with Crippen molar-refractivity contribution in [1.29, 1.82) is 0 Å². The predicted molar refractivity (Wildman–Crippen MR) is 70.6 cm³/mol. The van der Waals surface area contributed by atoms with Crippen LogP contribution in [0.15, 0.2) is 22.7 Å². The molecule has 3 nitrogen and oxygen atoms in total. The molecule has 16 heavy (non-hydrogen) atoms. The van der Waals surface area contributed by atoms with Gasteiger partial charge in [-0.3, -0.25) is 0 Å². The Morgan fingerprint density at radius 1 is 1.56 bits per heavy atom. The summed E-state index contributed by atoms with van der Waals surface area (Å²) in [5, 5.41) is 9.43. The lowest BCUT2D eigenvalue weighted by atomic mass is 10.0. The topological polar surface area (TPSA) is 49.5 Å². The Balaban J connectivity index is 2.33. The minimum absolute atomic E-state index is 0.188. The summed E-state index contributed by atoms with van der Waals surface area (Å²) in [7, 11) is 0. The van der Waals surface area contributed by atoms with E-state index in [2.05, 4.69) is 27.8 Å². The summed E-state index contributed by atoms with van der Waals surface area (Å²) in [5.74, 6) is 0.517. The molecule has 1 aromatic carbocycles. The van der Waals surface area contributed by atoms with Crippen molar-refractivity contribution in [3.05, 3.63) is 22.7 Å². The van der Waals surface area contributed by atoms with Crippen LogP contribution >= 0.6 is 15.9 Å². The molecule has 4 heteroatoms. The van der Waals surface area contributed by atoms with Crippen molar-refractivity contribution in [2.24, 2.45) is 5.92 Å². The first-order chi connectivity index (χ1) is 7.63. The molecule has 0 saturated carbocycles. The first kappa shape index (κ1) is 11.7. The second-order valence-corrected chi connectivity index (χ2v) is 5.33. The lowest BCUT2D eigenvalue weighted by Gasteiger charge is -2.28. The van der Waals surface area contributed by atoms with E-state index in [-0.39, 0.29) is 12.6 Å². The number of rotatable bonds is 2. The molecule has 0 radical (unpaired) electrons. The molecule has 1 saturated heterocycles. The predicted octanol–water partition coefficient (Wildman–Crippen LogP) is 2.24. The molecule has 3 N–H and O–H groups in total. The van der Waals surface area contributed by atoms with Crippen molar-refractivity contribution >= 4 is 27.3 Å². The maximum absolute atomic E-state index is 9.43. The van der Waals surface area contributed by atoms with Crippen molar-refractivity contribution in [2.75, 3.05) is 23.8 Å². The highest BCUT2D eigenvalue weighted by Crippen LogP contribution is 2.34. The van der Waals surface area contributed by atoms with Crippen LogP contribution in [0.25, 0.3) is 0 Å². The lowest BCUT2D eigenvalue weighted by Crippen LogP contribution is -2.35. The Labute approximate surface area is 104 Å². The minimum Gasteiger partial charge on any atom is -0.397 e. The Morgan fingerprint density at radius 3 is 3.00 bits per heavy atom. The summed E-state index contributed by atoms with van der Waals surface area (Å²) in [4.78, 5) is 2.21. The van der Waals surface area contributed by atoms with Gasteiger partial charge in [0, 0.05) is 11.0 Å². The highest BCUT2D eigenvalue weighted by atomic mass is 79.9. The standard InChI is InChI=1S/C12H17BrN2O/c1-8-4-5-15(12(8)7-16)11-6-9(13)2-3-10(11)14/h2-3,6,8,12,16H,4-5,7,14H2,1H3. The smallest absolute Gasteiger partial charge is 0.0637 e. The second kappa shape index (κ2) is 4.63. The Kier molecular flexibility index (Phi) is 3.40. The molecule has 2 atom stereocenters. The zero-order valence-corrected chi connectivity index (χ0v) is 10.9. The average Bonchev–Trinajstić information content (AvgIpc) is 2.63. The summed E-state index contributed by atoms with van der Waals surface area (Å²) < 4.78 is 1.02. The number of anilines is 2. The average molecular weight is 285 g/mol. The second-order valence-electron chi connectivity index (χ2n) is 4.41. The summed E-state index contributed by atoms with van der Waals surface area (Å²) in [6, 6.07) is 6.05. The molecule has 2 rings (SSSR count). The van der Waals surface area contributed by atoms with Crippen LogP contribution in [-0.2, 0) is 0 Å². The lowest BCUT2D eigenvalue weighted by molar-refractivity contribution is 0.245. The molecule has 0 aromatic heterocycles. The van der Waals surface area contributed by atoms with E-state index in [9.17, 15) is 5.11 Å². The van der Waals surface area contributed by atoms with Gasteiger partial charge >= 0.3 is 0 Å². The molecule has 0 aliphatic carbocycles. The van der Waals surface area contributed by atoms with Crippen LogP contribution in [0.1, 0.15) is 13.3 Å². The Bertz CT molecular complexity index is 383. The van der Waals surface area contributed by atoms with Gasteiger partial charge in [-0.2, -0.15) is 0 Å². The third kappa shape index (κ3) is 2.04. The fraction of sp³-hybridized carbons (Fsp3) is 0.500. The molecule has 0 bridgehead atoms. The molecule has 88 valence electrons. The number of aliphatic hydroxyl groups is 1. The van der Waals surface area contributed by atoms with Gasteiger partial charge in [0.25, 0.3) is 0 Å². The maximum Gasteiger partial charge on any atom is 0.0637 e. The summed E-state index contributed by atoms with van der Waals surface area (Å²) in [6.45, 7) is 3.33. The zero-order chi connectivity index (χ0) is 11.7. The van der Waals surface area contributed by atoms with Crippen LogP contribution in [0, 0.1) is 5.92 Å². The summed E-state index contributed by atoms with van der Waals surface area (Å²) in [6.07, 6.45) is 1.11. The minimum atomic E-state index is 0.188. The Morgan fingerprint density at radius 2 is 2.31 bits per heavy atom. The quantitative estimate of drug-likeness (QED) is 0.819. The van der Waals surface area contributed by atoms with Crippen LogP contribution < -0.4 is 10.6 Å². The van der Waals surface area contributed by atoms with Gasteiger partial charge in [0.1, 0.15) is 0 Å². The molecule has 0 amide bonds. The van der Waals surface area contributed by atoms with Crippen LogP contribution in [0.4, 0.5) is 11.4 Å². The van der Waals surface area contributed by atoms with Crippen molar-refractivity contribution in [3.63, 3.8) is 0 Å². The van der Waals surface area contributed by atoms with Crippen molar-refractivity contribution in [2.45, 2.75) is 19.4 Å². The first-order valence-corrected chi connectivity index (χ1v) is 6.35. The van der Waals surface area contributed by atoms with E-state index in [0.717, 1.165) is 28.8 Å². The van der Waals surface area contributed by atoms with Crippen molar-refractivity contribution in [1.82, 2.24) is 0 Å². The fourth-order valence-corrected chi connectivity index (χ4v) is 2.70. The van der Waals surface area contributed by atoms with Crippen LogP contribution in [0.2, 0.25) is 0 Å². The summed E-state index contributed by atoms with van der Waals surface area (Å²) >= 11 is 3.46. The number of nitrogen functional groups attached to an aromatic ring is 1. The molecule has 1 aliphatic heterocycles. The largest absolute Gasteiger partial charge is 0.397 e. The Hall–Kier alpha value is -0.740. The van der Waals surface area contributed by atoms with Gasteiger partial charge in [-0.1, -0.05) is 22.9 Å². The molecule has 0 spiro atoms. The fourth-order valence-electron chi connectivity index (χ4n) is 2.35.